The zero-order chi connectivity index (χ0) is 11.3. The van der Waals surface area contributed by atoms with Crippen LogP contribution in [0.5, 0.6) is 0 Å². The summed E-state index contributed by atoms with van der Waals surface area (Å²) in [5, 5.41) is 11.6. The molecule has 0 radical (unpaired) electrons. The fourth-order valence-electron chi connectivity index (χ4n) is 2.39. The lowest BCUT2D eigenvalue weighted by atomic mass is 9.68. The van der Waals surface area contributed by atoms with Crippen molar-refractivity contribution in [1.82, 2.24) is 5.32 Å². The van der Waals surface area contributed by atoms with Crippen LogP contribution in [0.3, 0.4) is 0 Å². The molecule has 1 saturated carbocycles. The zero-order valence-corrected chi connectivity index (χ0v) is 9.88. The van der Waals surface area contributed by atoms with Crippen LogP contribution in [0, 0.1) is 11.3 Å². The van der Waals surface area contributed by atoms with E-state index in [4.69, 9.17) is 5.11 Å². The molecule has 1 atom stereocenters. The number of hydrogen-bond donors (Lipinski definition) is 2. The van der Waals surface area contributed by atoms with Crippen LogP contribution in [0.25, 0.3) is 0 Å². The Labute approximate surface area is 92.3 Å². The smallest absolute Gasteiger partial charge is 0.223 e. The molecule has 0 heterocycles. The minimum absolute atomic E-state index is 0.140. The van der Waals surface area contributed by atoms with E-state index in [2.05, 4.69) is 19.2 Å². The summed E-state index contributed by atoms with van der Waals surface area (Å²) in [6, 6.07) is 0. The summed E-state index contributed by atoms with van der Waals surface area (Å²) in [7, 11) is 0. The highest BCUT2D eigenvalue weighted by Gasteiger charge is 2.36. The van der Waals surface area contributed by atoms with E-state index < -0.39 is 0 Å². The highest BCUT2D eigenvalue weighted by molar-refractivity contribution is 5.79. The minimum Gasteiger partial charge on any atom is -0.396 e. The summed E-state index contributed by atoms with van der Waals surface area (Å²) in [4.78, 5) is 11.9. The van der Waals surface area contributed by atoms with Crippen LogP contribution in [-0.2, 0) is 4.79 Å². The van der Waals surface area contributed by atoms with E-state index in [0.29, 0.717) is 13.0 Å². The molecule has 0 saturated heterocycles. The maximum Gasteiger partial charge on any atom is 0.223 e. The second-order valence-corrected chi connectivity index (χ2v) is 5.16. The van der Waals surface area contributed by atoms with Crippen LogP contribution in [0.15, 0.2) is 0 Å². The third kappa shape index (κ3) is 3.49. The number of carbonyl (C=O) groups is 1. The predicted octanol–water partition coefficient (Wildman–Crippen LogP) is 1.70. The van der Waals surface area contributed by atoms with Crippen molar-refractivity contribution in [3.63, 3.8) is 0 Å². The van der Waals surface area contributed by atoms with Gasteiger partial charge in [0.15, 0.2) is 0 Å². The first-order valence-corrected chi connectivity index (χ1v) is 5.96. The average Bonchev–Trinajstić information content (AvgIpc) is 2.17. The van der Waals surface area contributed by atoms with Crippen LogP contribution >= 0.6 is 0 Å². The van der Waals surface area contributed by atoms with Crippen molar-refractivity contribution in [2.45, 2.75) is 46.0 Å². The third-order valence-corrected chi connectivity index (χ3v) is 3.46. The number of nitrogens with one attached hydrogen (secondary N) is 1. The van der Waals surface area contributed by atoms with Gasteiger partial charge in [0, 0.05) is 19.1 Å². The fraction of sp³-hybridized carbons (Fsp3) is 0.917. The van der Waals surface area contributed by atoms with E-state index in [1.54, 1.807) is 0 Å². The quantitative estimate of drug-likeness (QED) is 0.698. The van der Waals surface area contributed by atoms with Gasteiger partial charge < -0.3 is 10.4 Å². The van der Waals surface area contributed by atoms with E-state index >= 15 is 0 Å². The Balaban J connectivity index is 2.42. The molecule has 1 aliphatic carbocycles. The normalized spacial score (nSPS) is 24.9. The van der Waals surface area contributed by atoms with Crippen LogP contribution in [-0.4, -0.2) is 24.2 Å². The summed E-state index contributed by atoms with van der Waals surface area (Å²) in [5.74, 6) is 0.332. The van der Waals surface area contributed by atoms with Crippen molar-refractivity contribution in [3.05, 3.63) is 0 Å². The van der Waals surface area contributed by atoms with E-state index in [1.807, 2.05) is 0 Å². The van der Waals surface area contributed by atoms with Crippen molar-refractivity contribution in [3.8, 4) is 0 Å². The van der Waals surface area contributed by atoms with Crippen LogP contribution in [0.2, 0.25) is 0 Å². The van der Waals surface area contributed by atoms with E-state index in [-0.39, 0.29) is 23.8 Å². The van der Waals surface area contributed by atoms with E-state index in [1.165, 1.54) is 12.8 Å². The van der Waals surface area contributed by atoms with Gasteiger partial charge in [0.25, 0.3) is 0 Å². The van der Waals surface area contributed by atoms with Crippen molar-refractivity contribution in [1.29, 1.82) is 0 Å². The molecule has 0 aromatic rings. The Morgan fingerprint density at radius 2 is 2.20 bits per heavy atom. The predicted molar refractivity (Wildman–Crippen MR) is 60.5 cm³/mol. The molecule has 3 nitrogen and oxygen atoms in total. The molecule has 1 amide bonds. The first-order valence-electron chi connectivity index (χ1n) is 5.96. The van der Waals surface area contributed by atoms with Gasteiger partial charge in [-0.1, -0.05) is 26.7 Å². The Bertz CT molecular complexity index is 214. The minimum atomic E-state index is 0.140. The summed E-state index contributed by atoms with van der Waals surface area (Å²) in [6.45, 7) is 5.11. The second-order valence-electron chi connectivity index (χ2n) is 5.16. The second kappa shape index (κ2) is 5.50. The van der Waals surface area contributed by atoms with Crippen molar-refractivity contribution < 1.29 is 9.90 Å². The van der Waals surface area contributed by atoms with Crippen LogP contribution in [0.1, 0.15) is 46.0 Å². The Morgan fingerprint density at radius 3 is 2.80 bits per heavy atom. The number of aliphatic hydroxyl groups is 1. The van der Waals surface area contributed by atoms with Gasteiger partial charge in [-0.05, 0) is 24.7 Å². The molecule has 88 valence electrons. The molecule has 1 fully saturated rings. The van der Waals surface area contributed by atoms with Gasteiger partial charge in [-0.3, -0.25) is 4.79 Å². The molecule has 1 rings (SSSR count). The van der Waals surface area contributed by atoms with Crippen LogP contribution in [0.4, 0.5) is 0 Å². The summed E-state index contributed by atoms with van der Waals surface area (Å²) >= 11 is 0. The summed E-state index contributed by atoms with van der Waals surface area (Å²) < 4.78 is 0. The molecule has 3 heteroatoms. The number of carbonyl (C=O) groups excluding carboxylic acids is 1. The lowest BCUT2D eigenvalue weighted by molar-refractivity contribution is -0.130. The lowest BCUT2D eigenvalue weighted by Crippen LogP contribution is -2.41. The maximum absolute atomic E-state index is 11.9. The van der Waals surface area contributed by atoms with E-state index in [9.17, 15) is 4.79 Å². The number of hydrogen-bond acceptors (Lipinski definition) is 2. The zero-order valence-electron chi connectivity index (χ0n) is 9.88. The highest BCUT2D eigenvalue weighted by atomic mass is 16.3. The third-order valence-electron chi connectivity index (χ3n) is 3.46. The van der Waals surface area contributed by atoms with Gasteiger partial charge in [0.1, 0.15) is 0 Å². The molecule has 1 unspecified atom stereocenters. The van der Waals surface area contributed by atoms with Crippen molar-refractivity contribution in [2.75, 3.05) is 13.2 Å². The molecule has 0 bridgehead atoms. The maximum atomic E-state index is 11.9. The topological polar surface area (TPSA) is 49.3 Å². The molecular formula is C12H23NO2. The van der Waals surface area contributed by atoms with E-state index in [0.717, 1.165) is 12.8 Å². The molecule has 0 aliphatic heterocycles. The van der Waals surface area contributed by atoms with Gasteiger partial charge in [-0.15, -0.1) is 0 Å². The van der Waals surface area contributed by atoms with Gasteiger partial charge in [-0.2, -0.15) is 0 Å². The first kappa shape index (κ1) is 12.5. The fourth-order valence-corrected chi connectivity index (χ4v) is 2.39. The van der Waals surface area contributed by atoms with Crippen molar-refractivity contribution >= 4 is 5.91 Å². The molecule has 1 aliphatic rings. The molecule has 0 aromatic carbocycles. The SMILES string of the molecule is CC1(C)CCCCC1C(=O)NCCCO. The van der Waals surface area contributed by atoms with Gasteiger partial charge in [0.2, 0.25) is 5.91 Å². The first-order chi connectivity index (χ1) is 7.08. The van der Waals surface area contributed by atoms with Gasteiger partial charge in [-0.25, -0.2) is 0 Å². The monoisotopic (exact) mass is 213 g/mol. The lowest BCUT2D eigenvalue weighted by Gasteiger charge is -2.37. The number of aliphatic hydroxyl groups excluding tert-OH is 1. The molecule has 15 heavy (non-hydrogen) atoms. The Morgan fingerprint density at radius 1 is 1.47 bits per heavy atom. The molecular weight excluding hydrogens is 190 g/mol. The number of rotatable bonds is 4. The van der Waals surface area contributed by atoms with Crippen LogP contribution < -0.4 is 5.32 Å². The van der Waals surface area contributed by atoms with Gasteiger partial charge >= 0.3 is 0 Å². The Hall–Kier alpha value is -0.570. The standard InChI is InChI=1S/C12H23NO2/c1-12(2)7-4-3-6-10(12)11(15)13-8-5-9-14/h10,14H,3-9H2,1-2H3,(H,13,15). The molecule has 2 N–H and O–H groups in total. The highest BCUT2D eigenvalue weighted by Crippen LogP contribution is 2.40. The van der Waals surface area contributed by atoms with Crippen molar-refractivity contribution in [2.24, 2.45) is 11.3 Å². The Kier molecular flexibility index (Phi) is 4.58. The summed E-state index contributed by atoms with van der Waals surface area (Å²) in [5.41, 5.74) is 0.140. The summed E-state index contributed by atoms with van der Waals surface area (Å²) in [6.07, 6.45) is 5.22. The molecule has 0 spiro atoms. The molecule has 0 aromatic heterocycles. The van der Waals surface area contributed by atoms with Gasteiger partial charge in [0.05, 0.1) is 0 Å². The number of amides is 1. The average molecular weight is 213 g/mol. The largest absolute Gasteiger partial charge is 0.396 e.